The molecule has 7 nitrogen and oxygen atoms in total. The van der Waals surface area contributed by atoms with Crippen molar-refractivity contribution in [2.24, 2.45) is 0 Å². The van der Waals surface area contributed by atoms with E-state index in [-0.39, 0.29) is 6.03 Å². The molecule has 2 heterocycles. The number of nitrogens with zero attached hydrogens (tertiary/aromatic N) is 4. The molecular formula is C18H23ClN6O. The highest BCUT2D eigenvalue weighted by atomic mass is 35.5. The molecule has 0 bridgehead atoms. The van der Waals surface area contributed by atoms with E-state index in [4.69, 9.17) is 11.6 Å². The number of rotatable bonds is 4. The van der Waals surface area contributed by atoms with Crippen molar-refractivity contribution < 1.29 is 4.79 Å². The number of piperazine rings is 1. The van der Waals surface area contributed by atoms with Gasteiger partial charge in [-0.2, -0.15) is 0 Å². The Kier molecular flexibility index (Phi) is 5.78. The molecule has 0 aliphatic carbocycles. The number of halogens is 1. The molecule has 1 aliphatic heterocycles. The van der Waals surface area contributed by atoms with Crippen LogP contribution in [0.1, 0.15) is 12.5 Å². The summed E-state index contributed by atoms with van der Waals surface area (Å²) < 4.78 is 0. The van der Waals surface area contributed by atoms with Gasteiger partial charge in [0.15, 0.2) is 5.82 Å². The largest absolute Gasteiger partial charge is 0.369 e. The van der Waals surface area contributed by atoms with E-state index in [1.807, 2.05) is 44.2 Å². The van der Waals surface area contributed by atoms with Crippen LogP contribution in [0.25, 0.3) is 0 Å². The molecule has 1 saturated heterocycles. The number of urea groups is 1. The second-order valence-electron chi connectivity index (χ2n) is 6.19. The van der Waals surface area contributed by atoms with Gasteiger partial charge in [-0.15, -0.1) is 10.2 Å². The van der Waals surface area contributed by atoms with E-state index in [2.05, 4.69) is 25.7 Å². The van der Waals surface area contributed by atoms with Gasteiger partial charge >= 0.3 is 6.03 Å². The number of amides is 2. The maximum atomic E-state index is 12.5. The zero-order valence-corrected chi connectivity index (χ0v) is 15.8. The molecule has 0 spiro atoms. The monoisotopic (exact) mass is 374 g/mol. The fourth-order valence-corrected chi connectivity index (χ4v) is 3.11. The Hall–Kier alpha value is -2.54. The summed E-state index contributed by atoms with van der Waals surface area (Å²) >= 11 is 6.19. The fourth-order valence-electron chi connectivity index (χ4n) is 2.82. The van der Waals surface area contributed by atoms with Crippen LogP contribution < -0.4 is 15.5 Å². The molecule has 0 radical (unpaired) electrons. The summed E-state index contributed by atoms with van der Waals surface area (Å²) in [7, 11) is 0. The predicted molar refractivity (Wildman–Crippen MR) is 105 cm³/mol. The van der Waals surface area contributed by atoms with E-state index >= 15 is 0 Å². The standard InChI is InChI=1S/C18H23ClN6O/c1-3-20-16-6-7-17(23-22-16)24-8-10-25(11-9-24)18(26)21-15-5-4-13(2)12-14(15)19/h4-7,12H,3,8-11H2,1-2H3,(H,20,22)(H,21,26). The molecule has 8 heteroatoms. The minimum Gasteiger partial charge on any atom is -0.369 e. The Bertz CT molecular complexity index is 759. The molecule has 3 rings (SSSR count). The number of aryl methyl sites for hydroxylation is 1. The maximum absolute atomic E-state index is 12.5. The van der Waals surface area contributed by atoms with E-state index in [9.17, 15) is 4.79 Å². The molecule has 138 valence electrons. The molecule has 0 unspecified atom stereocenters. The van der Waals surface area contributed by atoms with E-state index in [0.29, 0.717) is 36.9 Å². The summed E-state index contributed by atoms with van der Waals surface area (Å²) in [6.45, 7) is 7.45. The highest BCUT2D eigenvalue weighted by Gasteiger charge is 2.22. The summed E-state index contributed by atoms with van der Waals surface area (Å²) in [5, 5.41) is 15.0. The Balaban J connectivity index is 1.55. The normalized spacial score (nSPS) is 14.3. The number of hydrogen-bond acceptors (Lipinski definition) is 5. The van der Waals surface area contributed by atoms with Crippen LogP contribution in [0, 0.1) is 6.92 Å². The third kappa shape index (κ3) is 4.35. The van der Waals surface area contributed by atoms with Crippen molar-refractivity contribution in [3.05, 3.63) is 40.9 Å². The molecule has 1 aliphatic rings. The van der Waals surface area contributed by atoms with Crippen LogP contribution in [0.5, 0.6) is 0 Å². The predicted octanol–water partition coefficient (Wildman–Crippen LogP) is 3.22. The molecular weight excluding hydrogens is 352 g/mol. The van der Waals surface area contributed by atoms with Gasteiger partial charge in [-0.1, -0.05) is 17.7 Å². The lowest BCUT2D eigenvalue weighted by molar-refractivity contribution is 0.208. The smallest absolute Gasteiger partial charge is 0.322 e. The summed E-state index contributed by atoms with van der Waals surface area (Å²) in [6.07, 6.45) is 0. The van der Waals surface area contributed by atoms with Crippen molar-refractivity contribution in [1.82, 2.24) is 15.1 Å². The number of carbonyl (C=O) groups excluding carboxylic acids is 1. The van der Waals surface area contributed by atoms with E-state index < -0.39 is 0 Å². The van der Waals surface area contributed by atoms with Gasteiger partial charge in [0.05, 0.1) is 10.7 Å². The van der Waals surface area contributed by atoms with Crippen molar-refractivity contribution in [2.45, 2.75) is 13.8 Å². The van der Waals surface area contributed by atoms with Crippen LogP contribution in [-0.2, 0) is 0 Å². The lowest BCUT2D eigenvalue weighted by atomic mass is 10.2. The van der Waals surface area contributed by atoms with Crippen molar-refractivity contribution in [1.29, 1.82) is 0 Å². The van der Waals surface area contributed by atoms with Crippen LogP contribution in [0.15, 0.2) is 30.3 Å². The zero-order chi connectivity index (χ0) is 18.5. The van der Waals surface area contributed by atoms with Crippen LogP contribution >= 0.6 is 11.6 Å². The first kappa shape index (κ1) is 18.3. The van der Waals surface area contributed by atoms with Gasteiger partial charge in [0.2, 0.25) is 0 Å². The summed E-state index contributed by atoms with van der Waals surface area (Å²) in [5.74, 6) is 1.59. The lowest BCUT2D eigenvalue weighted by Crippen LogP contribution is -2.50. The molecule has 1 aromatic carbocycles. The SMILES string of the molecule is CCNc1ccc(N2CCN(C(=O)Nc3ccc(C)cc3Cl)CC2)nn1. The number of anilines is 3. The highest BCUT2D eigenvalue weighted by Crippen LogP contribution is 2.23. The number of benzene rings is 1. The van der Waals surface area contributed by atoms with Crippen LogP contribution in [-0.4, -0.2) is 53.9 Å². The first-order valence-corrected chi connectivity index (χ1v) is 9.09. The van der Waals surface area contributed by atoms with Crippen molar-refractivity contribution in [3.63, 3.8) is 0 Å². The third-order valence-corrected chi connectivity index (χ3v) is 4.58. The second kappa shape index (κ2) is 8.23. The molecule has 0 atom stereocenters. The number of aromatic nitrogens is 2. The van der Waals surface area contributed by atoms with Gasteiger partial charge in [0.25, 0.3) is 0 Å². The van der Waals surface area contributed by atoms with Gasteiger partial charge in [-0.25, -0.2) is 4.79 Å². The average molecular weight is 375 g/mol. The van der Waals surface area contributed by atoms with E-state index in [0.717, 1.165) is 23.7 Å². The lowest BCUT2D eigenvalue weighted by Gasteiger charge is -2.35. The Labute approximate surface area is 158 Å². The molecule has 2 N–H and O–H groups in total. The Morgan fingerprint density at radius 2 is 1.92 bits per heavy atom. The second-order valence-corrected chi connectivity index (χ2v) is 6.60. The highest BCUT2D eigenvalue weighted by molar-refractivity contribution is 6.33. The first-order chi connectivity index (χ1) is 12.6. The number of nitrogens with one attached hydrogen (secondary N) is 2. The Morgan fingerprint density at radius 1 is 1.15 bits per heavy atom. The minimum atomic E-state index is -0.135. The van der Waals surface area contributed by atoms with Gasteiger partial charge in [0, 0.05) is 32.7 Å². The molecule has 2 amide bonds. The van der Waals surface area contributed by atoms with E-state index in [1.165, 1.54) is 0 Å². The average Bonchev–Trinajstić information content (AvgIpc) is 2.65. The number of hydrogen-bond donors (Lipinski definition) is 2. The van der Waals surface area contributed by atoms with Crippen LogP contribution in [0.2, 0.25) is 5.02 Å². The molecule has 0 saturated carbocycles. The van der Waals surface area contributed by atoms with Gasteiger partial charge in [-0.05, 0) is 43.7 Å². The summed E-state index contributed by atoms with van der Waals surface area (Å²) in [5.41, 5.74) is 1.69. The fraction of sp³-hybridized carbons (Fsp3) is 0.389. The van der Waals surface area contributed by atoms with Crippen molar-refractivity contribution in [3.8, 4) is 0 Å². The molecule has 1 aromatic heterocycles. The maximum Gasteiger partial charge on any atom is 0.322 e. The first-order valence-electron chi connectivity index (χ1n) is 8.71. The zero-order valence-electron chi connectivity index (χ0n) is 15.0. The minimum absolute atomic E-state index is 0.135. The van der Waals surface area contributed by atoms with Gasteiger partial charge in [-0.3, -0.25) is 0 Å². The molecule has 26 heavy (non-hydrogen) atoms. The molecule has 1 fully saturated rings. The van der Waals surface area contributed by atoms with Crippen LogP contribution in [0.4, 0.5) is 22.1 Å². The topological polar surface area (TPSA) is 73.4 Å². The van der Waals surface area contributed by atoms with Gasteiger partial charge < -0.3 is 20.4 Å². The van der Waals surface area contributed by atoms with Gasteiger partial charge in [0.1, 0.15) is 5.82 Å². The van der Waals surface area contributed by atoms with Crippen molar-refractivity contribution >= 4 is 35.0 Å². The van der Waals surface area contributed by atoms with Crippen molar-refractivity contribution in [2.75, 3.05) is 48.3 Å². The van der Waals surface area contributed by atoms with E-state index in [1.54, 1.807) is 4.90 Å². The summed E-state index contributed by atoms with van der Waals surface area (Å²) in [6, 6.07) is 9.33. The summed E-state index contributed by atoms with van der Waals surface area (Å²) in [4.78, 5) is 16.4. The quantitative estimate of drug-likeness (QED) is 0.859. The third-order valence-electron chi connectivity index (χ3n) is 4.27. The number of carbonyl (C=O) groups is 1. The Morgan fingerprint density at radius 3 is 2.54 bits per heavy atom. The molecule has 2 aromatic rings. The van der Waals surface area contributed by atoms with Crippen LogP contribution in [0.3, 0.4) is 0 Å².